The molecular weight excluding hydrogens is 281 g/mol. The molecule has 1 fully saturated rings. The van der Waals surface area contributed by atoms with Crippen molar-refractivity contribution in [2.45, 2.75) is 18.9 Å². The van der Waals surface area contributed by atoms with Crippen molar-refractivity contribution in [2.75, 3.05) is 16.8 Å². The number of rotatable bonds is 2. The Bertz CT molecular complexity index is 482. The zero-order chi connectivity index (χ0) is 12.5. The molecule has 0 atom stereocenters. The topological polar surface area (TPSA) is 46.2 Å². The van der Waals surface area contributed by atoms with Crippen molar-refractivity contribution in [2.24, 2.45) is 0 Å². The van der Waals surface area contributed by atoms with Crippen LogP contribution in [0.1, 0.15) is 12.8 Å². The minimum Gasteiger partial charge on any atom is -0.382 e. The Morgan fingerprint density at radius 2 is 1.59 bits per heavy atom. The van der Waals surface area contributed by atoms with Crippen molar-refractivity contribution >= 4 is 38.7 Å². The lowest BCUT2D eigenvalue weighted by atomic mass is 10.1. The summed E-state index contributed by atoms with van der Waals surface area (Å²) in [4.78, 5) is 0. The lowest BCUT2D eigenvalue weighted by Crippen LogP contribution is -2.32. The van der Waals surface area contributed by atoms with Gasteiger partial charge in [-0.1, -0.05) is 23.2 Å². The highest BCUT2D eigenvalue weighted by atomic mass is 35.5. The summed E-state index contributed by atoms with van der Waals surface area (Å²) in [6.45, 7) is 0. The first-order valence-corrected chi connectivity index (χ1v) is 7.95. The average molecular weight is 294 g/mol. The van der Waals surface area contributed by atoms with E-state index in [1.807, 2.05) is 0 Å². The van der Waals surface area contributed by atoms with E-state index in [1.165, 1.54) is 0 Å². The monoisotopic (exact) mass is 293 g/mol. The zero-order valence-electron chi connectivity index (χ0n) is 9.12. The Balaban J connectivity index is 2.02. The summed E-state index contributed by atoms with van der Waals surface area (Å²) in [6.07, 6.45) is 1.26. The number of anilines is 1. The van der Waals surface area contributed by atoms with Crippen LogP contribution in [0.3, 0.4) is 0 Å². The zero-order valence-corrected chi connectivity index (χ0v) is 11.4. The fourth-order valence-electron chi connectivity index (χ4n) is 1.91. The van der Waals surface area contributed by atoms with E-state index >= 15 is 0 Å². The first-order valence-electron chi connectivity index (χ1n) is 5.38. The van der Waals surface area contributed by atoms with Crippen LogP contribution in [0.5, 0.6) is 0 Å². The van der Waals surface area contributed by atoms with E-state index in [1.54, 1.807) is 18.2 Å². The molecule has 0 amide bonds. The summed E-state index contributed by atoms with van der Waals surface area (Å²) in [5, 5.41) is 4.41. The highest BCUT2D eigenvalue weighted by Gasteiger charge is 2.23. The van der Waals surface area contributed by atoms with Gasteiger partial charge in [-0.05, 0) is 31.0 Å². The molecule has 1 aliphatic rings. The molecule has 1 saturated heterocycles. The van der Waals surface area contributed by atoms with Crippen molar-refractivity contribution in [1.82, 2.24) is 0 Å². The number of hydrogen-bond acceptors (Lipinski definition) is 3. The van der Waals surface area contributed by atoms with E-state index < -0.39 is 9.84 Å². The van der Waals surface area contributed by atoms with Crippen LogP contribution in [0.2, 0.25) is 10.0 Å². The third-order valence-corrected chi connectivity index (χ3v) is 4.94. The Kier molecular flexibility index (Phi) is 3.85. The highest BCUT2D eigenvalue weighted by molar-refractivity contribution is 7.91. The fourth-order valence-corrected chi connectivity index (χ4v) is 3.92. The van der Waals surface area contributed by atoms with Gasteiger partial charge in [0, 0.05) is 21.8 Å². The van der Waals surface area contributed by atoms with Gasteiger partial charge in [0.1, 0.15) is 9.84 Å². The first-order chi connectivity index (χ1) is 7.94. The Morgan fingerprint density at radius 1 is 1.06 bits per heavy atom. The molecule has 0 bridgehead atoms. The van der Waals surface area contributed by atoms with Crippen molar-refractivity contribution in [3.8, 4) is 0 Å². The summed E-state index contributed by atoms with van der Waals surface area (Å²) in [6, 6.07) is 5.42. The van der Waals surface area contributed by atoms with Crippen LogP contribution < -0.4 is 5.32 Å². The molecular formula is C11H13Cl2NO2S. The van der Waals surface area contributed by atoms with Crippen LogP contribution in [0, 0.1) is 0 Å². The normalized spacial score (nSPS) is 20.1. The Labute approximate surface area is 111 Å². The Hall–Kier alpha value is -0.450. The van der Waals surface area contributed by atoms with Crippen molar-refractivity contribution < 1.29 is 8.42 Å². The van der Waals surface area contributed by atoms with E-state index in [4.69, 9.17) is 23.2 Å². The molecule has 1 heterocycles. The maximum absolute atomic E-state index is 11.3. The summed E-state index contributed by atoms with van der Waals surface area (Å²) in [5.74, 6) is 0.498. The lowest BCUT2D eigenvalue weighted by Gasteiger charge is -2.24. The van der Waals surface area contributed by atoms with Gasteiger partial charge in [-0.2, -0.15) is 0 Å². The molecule has 94 valence electrons. The maximum Gasteiger partial charge on any atom is 0.150 e. The molecule has 1 aliphatic heterocycles. The van der Waals surface area contributed by atoms with Crippen LogP contribution in [0.15, 0.2) is 18.2 Å². The molecule has 0 unspecified atom stereocenters. The second kappa shape index (κ2) is 5.04. The second-order valence-corrected chi connectivity index (χ2v) is 7.41. The summed E-state index contributed by atoms with van der Waals surface area (Å²) in [5.41, 5.74) is 0.840. The van der Waals surface area contributed by atoms with Gasteiger partial charge >= 0.3 is 0 Å². The third-order valence-electron chi connectivity index (χ3n) is 2.79. The van der Waals surface area contributed by atoms with Gasteiger partial charge < -0.3 is 5.32 Å². The summed E-state index contributed by atoms with van der Waals surface area (Å²) in [7, 11) is -2.82. The van der Waals surface area contributed by atoms with Crippen LogP contribution >= 0.6 is 23.2 Å². The molecule has 0 aliphatic carbocycles. The summed E-state index contributed by atoms with van der Waals surface area (Å²) < 4.78 is 22.6. The SMILES string of the molecule is O=S1(=O)CCC(Nc2cc(Cl)cc(Cl)c2)CC1. The number of sulfone groups is 1. The van der Waals surface area contributed by atoms with Gasteiger partial charge in [0.15, 0.2) is 0 Å². The lowest BCUT2D eigenvalue weighted by molar-refractivity contribution is 0.559. The average Bonchev–Trinajstić information content (AvgIpc) is 2.20. The number of nitrogens with one attached hydrogen (secondary N) is 1. The first kappa shape index (κ1) is 13.0. The summed E-state index contributed by atoms with van der Waals surface area (Å²) >= 11 is 11.8. The van der Waals surface area contributed by atoms with Gasteiger partial charge in [-0.15, -0.1) is 0 Å². The Morgan fingerprint density at radius 3 is 2.12 bits per heavy atom. The van der Waals surface area contributed by atoms with E-state index in [2.05, 4.69) is 5.32 Å². The molecule has 0 aromatic heterocycles. The van der Waals surface area contributed by atoms with Crippen LogP contribution in [0.4, 0.5) is 5.69 Å². The smallest absolute Gasteiger partial charge is 0.150 e. The fraction of sp³-hybridized carbons (Fsp3) is 0.455. The molecule has 0 spiro atoms. The largest absolute Gasteiger partial charge is 0.382 e. The number of hydrogen-bond donors (Lipinski definition) is 1. The number of benzene rings is 1. The van der Waals surface area contributed by atoms with Gasteiger partial charge in [0.2, 0.25) is 0 Å². The predicted octanol–water partition coefficient (Wildman–Crippen LogP) is 2.98. The maximum atomic E-state index is 11.3. The van der Waals surface area contributed by atoms with Crippen molar-refractivity contribution in [3.05, 3.63) is 28.2 Å². The number of halogens is 2. The second-order valence-electron chi connectivity index (χ2n) is 4.23. The predicted molar refractivity (Wildman–Crippen MR) is 71.8 cm³/mol. The molecule has 0 saturated carbocycles. The van der Waals surface area contributed by atoms with Crippen molar-refractivity contribution in [1.29, 1.82) is 0 Å². The highest BCUT2D eigenvalue weighted by Crippen LogP contribution is 2.25. The quantitative estimate of drug-likeness (QED) is 0.912. The van der Waals surface area contributed by atoms with Crippen LogP contribution in [0.25, 0.3) is 0 Å². The van der Waals surface area contributed by atoms with Crippen LogP contribution in [-0.4, -0.2) is 26.0 Å². The molecule has 3 nitrogen and oxygen atoms in total. The van der Waals surface area contributed by atoms with Gasteiger partial charge in [0.25, 0.3) is 0 Å². The minimum absolute atomic E-state index is 0.174. The van der Waals surface area contributed by atoms with E-state index in [9.17, 15) is 8.42 Å². The van der Waals surface area contributed by atoms with Gasteiger partial charge in [0.05, 0.1) is 11.5 Å². The molecule has 6 heteroatoms. The molecule has 1 N–H and O–H groups in total. The molecule has 1 aromatic carbocycles. The van der Waals surface area contributed by atoms with Crippen molar-refractivity contribution in [3.63, 3.8) is 0 Å². The molecule has 2 rings (SSSR count). The molecule has 0 radical (unpaired) electrons. The standard InChI is InChI=1S/C11H13Cl2NO2S/c12-8-5-9(13)7-11(6-8)14-10-1-3-17(15,16)4-2-10/h5-7,10,14H,1-4H2. The van der Waals surface area contributed by atoms with Crippen LogP contribution in [-0.2, 0) is 9.84 Å². The van der Waals surface area contributed by atoms with E-state index in [-0.39, 0.29) is 17.5 Å². The minimum atomic E-state index is -2.82. The third kappa shape index (κ3) is 3.76. The van der Waals surface area contributed by atoms with E-state index in [0.717, 1.165) is 5.69 Å². The van der Waals surface area contributed by atoms with Gasteiger partial charge in [-0.25, -0.2) is 8.42 Å². The molecule has 1 aromatic rings. The van der Waals surface area contributed by atoms with Gasteiger partial charge in [-0.3, -0.25) is 0 Å². The molecule has 17 heavy (non-hydrogen) atoms. The van der Waals surface area contributed by atoms with E-state index in [0.29, 0.717) is 22.9 Å².